The summed E-state index contributed by atoms with van der Waals surface area (Å²) in [7, 11) is 0. The van der Waals surface area contributed by atoms with Crippen LogP contribution in [-0.2, 0) is 14.3 Å². The zero-order valence-corrected chi connectivity index (χ0v) is 18.6. The lowest BCUT2D eigenvalue weighted by molar-refractivity contribution is -0.265. The number of imide groups is 1. The first-order valence-corrected chi connectivity index (χ1v) is 11.8. The maximum Gasteiger partial charge on any atom is 0.233 e. The number of ether oxygens (including phenoxy) is 1. The Morgan fingerprint density at radius 3 is 2.32 bits per heavy atom. The molecule has 4 aliphatic rings. The van der Waals surface area contributed by atoms with Gasteiger partial charge in [-0.15, -0.1) is 0 Å². The Balaban J connectivity index is 1.47. The molecule has 0 spiro atoms. The minimum atomic E-state index is -1.41. The van der Waals surface area contributed by atoms with Crippen molar-refractivity contribution in [1.82, 2.24) is 4.90 Å². The third-order valence-electron chi connectivity index (χ3n) is 8.41. The van der Waals surface area contributed by atoms with Crippen LogP contribution in [0.5, 0.6) is 5.75 Å². The van der Waals surface area contributed by atoms with Crippen molar-refractivity contribution < 1.29 is 24.5 Å². The van der Waals surface area contributed by atoms with Crippen molar-refractivity contribution >= 4 is 11.8 Å². The zero-order chi connectivity index (χ0) is 22.1. The number of aromatic hydroxyl groups is 1. The summed E-state index contributed by atoms with van der Waals surface area (Å²) in [5.41, 5.74) is 2.43. The van der Waals surface area contributed by atoms with Gasteiger partial charge in [-0.2, -0.15) is 0 Å². The van der Waals surface area contributed by atoms with Crippen molar-refractivity contribution in [3.8, 4) is 5.75 Å². The molecule has 2 N–H and O–H groups in total. The molecular weight excluding hydrogens is 394 g/mol. The van der Waals surface area contributed by atoms with E-state index in [-0.39, 0.29) is 41.5 Å². The number of fused-ring (bicyclic) bond motifs is 3. The number of nitrogens with zero attached hydrogens (tertiary/aromatic N) is 1. The number of aliphatic hydroxyl groups is 1. The predicted octanol–water partition coefficient (Wildman–Crippen LogP) is 3.75. The van der Waals surface area contributed by atoms with Gasteiger partial charge in [0.15, 0.2) is 5.79 Å². The number of amides is 2. The molecular formula is C25H33NO5. The Bertz CT molecular complexity index is 899. The number of phenolic OH excluding ortho intramolecular Hbond substituents is 1. The van der Waals surface area contributed by atoms with E-state index in [2.05, 4.69) is 0 Å². The average Bonchev–Trinajstić information content (AvgIpc) is 3.22. The van der Waals surface area contributed by atoms with Gasteiger partial charge in [0.05, 0.1) is 17.9 Å². The fourth-order valence-electron chi connectivity index (χ4n) is 6.75. The van der Waals surface area contributed by atoms with Crippen LogP contribution in [-0.4, -0.2) is 38.8 Å². The van der Waals surface area contributed by atoms with Gasteiger partial charge in [0.25, 0.3) is 0 Å². The Morgan fingerprint density at radius 1 is 1.03 bits per heavy atom. The number of carbonyl (C=O) groups excluding carboxylic acids is 2. The molecule has 2 aliphatic carbocycles. The summed E-state index contributed by atoms with van der Waals surface area (Å²) in [6, 6.07) is 3.81. The number of aryl methyl sites for hydroxylation is 2. The number of hydrogen-bond acceptors (Lipinski definition) is 5. The second-order valence-corrected chi connectivity index (χ2v) is 10.3. The topological polar surface area (TPSA) is 87.1 Å². The summed E-state index contributed by atoms with van der Waals surface area (Å²) in [5, 5.41) is 21.7. The zero-order valence-electron chi connectivity index (χ0n) is 18.6. The summed E-state index contributed by atoms with van der Waals surface area (Å²) < 4.78 is 6.27. The molecule has 2 saturated heterocycles. The molecule has 2 saturated carbocycles. The van der Waals surface area contributed by atoms with Crippen LogP contribution >= 0.6 is 0 Å². The third kappa shape index (κ3) is 3.05. The molecule has 0 bridgehead atoms. The van der Waals surface area contributed by atoms with E-state index in [9.17, 15) is 19.8 Å². The Hall–Kier alpha value is -1.92. The highest BCUT2D eigenvalue weighted by atomic mass is 16.6. The monoisotopic (exact) mass is 427 g/mol. The smallest absolute Gasteiger partial charge is 0.233 e. The van der Waals surface area contributed by atoms with Crippen molar-refractivity contribution in [2.75, 3.05) is 0 Å². The molecule has 2 aliphatic heterocycles. The van der Waals surface area contributed by atoms with Crippen LogP contribution in [0.3, 0.4) is 0 Å². The molecule has 0 unspecified atom stereocenters. The van der Waals surface area contributed by atoms with E-state index in [1.54, 1.807) is 4.90 Å². The molecule has 1 aromatic rings. The van der Waals surface area contributed by atoms with E-state index in [0.29, 0.717) is 12.8 Å². The first kappa shape index (κ1) is 21.0. The first-order chi connectivity index (χ1) is 14.7. The molecule has 4 fully saturated rings. The van der Waals surface area contributed by atoms with Crippen LogP contribution in [0, 0.1) is 37.5 Å². The van der Waals surface area contributed by atoms with Crippen LogP contribution < -0.4 is 0 Å². The molecule has 5 rings (SSSR count). The van der Waals surface area contributed by atoms with Gasteiger partial charge in [-0.1, -0.05) is 26.2 Å². The number of hydrogen-bond donors (Lipinski definition) is 2. The molecule has 0 radical (unpaired) electrons. The summed E-state index contributed by atoms with van der Waals surface area (Å²) in [5.74, 6) is -2.75. The average molecular weight is 428 g/mol. The second kappa shape index (κ2) is 7.31. The van der Waals surface area contributed by atoms with Crippen molar-refractivity contribution in [1.29, 1.82) is 0 Å². The number of phenols is 1. The van der Waals surface area contributed by atoms with Gasteiger partial charge in [-0.25, -0.2) is 0 Å². The van der Waals surface area contributed by atoms with Gasteiger partial charge in [-0.05, 0) is 68.4 Å². The molecule has 2 amide bonds. The van der Waals surface area contributed by atoms with E-state index in [0.717, 1.165) is 42.4 Å². The van der Waals surface area contributed by atoms with E-state index in [1.807, 2.05) is 32.9 Å². The van der Waals surface area contributed by atoms with Crippen molar-refractivity contribution in [3.63, 3.8) is 0 Å². The fraction of sp³-hybridized carbons (Fsp3) is 0.680. The largest absolute Gasteiger partial charge is 0.507 e. The van der Waals surface area contributed by atoms with Crippen LogP contribution in [0.2, 0.25) is 0 Å². The van der Waals surface area contributed by atoms with Crippen molar-refractivity contribution in [3.05, 3.63) is 28.8 Å². The minimum Gasteiger partial charge on any atom is -0.507 e. The van der Waals surface area contributed by atoms with E-state index < -0.39 is 17.6 Å². The molecule has 2 heterocycles. The second-order valence-electron chi connectivity index (χ2n) is 10.3. The molecule has 168 valence electrons. The summed E-state index contributed by atoms with van der Waals surface area (Å²) in [4.78, 5) is 28.4. The standard InChI is InChI=1S/C25H33NO5/c1-13-9-16(10-14(2)22(13)27)20-12-19-21-18(11-15(3)25(19,30)31-20)23(28)26(24(21)29)17-7-5-4-6-8-17/h9-10,15,17-21,27,30H,4-8,11-12H2,1-3H3/t15-,18-,19-,20-,21-,25+/m0/s1. The maximum atomic E-state index is 13.5. The van der Waals surface area contributed by atoms with E-state index in [1.165, 1.54) is 6.42 Å². The Kier molecular flexibility index (Phi) is 4.94. The minimum absolute atomic E-state index is 0.0169. The van der Waals surface area contributed by atoms with Crippen LogP contribution in [0.4, 0.5) is 0 Å². The number of likely N-dealkylation sites (tertiary alicyclic amines) is 1. The Labute approximate surface area is 183 Å². The number of benzene rings is 1. The fourth-order valence-corrected chi connectivity index (χ4v) is 6.75. The van der Waals surface area contributed by atoms with Gasteiger partial charge in [0, 0.05) is 17.9 Å². The van der Waals surface area contributed by atoms with E-state index >= 15 is 0 Å². The highest BCUT2D eigenvalue weighted by molar-refractivity contribution is 6.05. The van der Waals surface area contributed by atoms with Gasteiger partial charge >= 0.3 is 0 Å². The Morgan fingerprint density at radius 2 is 1.68 bits per heavy atom. The summed E-state index contributed by atoms with van der Waals surface area (Å²) >= 11 is 0. The maximum absolute atomic E-state index is 13.5. The van der Waals surface area contributed by atoms with Crippen LogP contribution in [0.1, 0.15) is 74.7 Å². The lowest BCUT2D eigenvalue weighted by Gasteiger charge is -2.43. The molecule has 1 aromatic carbocycles. The first-order valence-electron chi connectivity index (χ1n) is 11.8. The van der Waals surface area contributed by atoms with Gasteiger partial charge in [0.1, 0.15) is 5.75 Å². The SMILES string of the molecule is Cc1cc([C@@H]2C[C@H]3[C@H]4C(=O)N(C5CCCCC5)C(=O)[C@H]4C[C@H](C)[C@@]3(O)O2)cc(C)c1O. The molecule has 31 heavy (non-hydrogen) atoms. The predicted molar refractivity (Wildman–Crippen MR) is 114 cm³/mol. The van der Waals surface area contributed by atoms with Crippen molar-refractivity contribution in [2.24, 2.45) is 23.7 Å². The molecule has 6 nitrogen and oxygen atoms in total. The van der Waals surface area contributed by atoms with Gasteiger partial charge in [-0.3, -0.25) is 14.5 Å². The quantitative estimate of drug-likeness (QED) is 0.702. The van der Waals surface area contributed by atoms with Gasteiger partial charge < -0.3 is 14.9 Å². The number of carbonyl (C=O) groups is 2. The lowest BCUT2D eigenvalue weighted by Crippen LogP contribution is -2.52. The van der Waals surface area contributed by atoms with Crippen LogP contribution in [0.25, 0.3) is 0 Å². The van der Waals surface area contributed by atoms with Crippen molar-refractivity contribution in [2.45, 2.75) is 83.6 Å². The summed E-state index contributed by atoms with van der Waals surface area (Å²) in [6.07, 6.45) is 5.70. The third-order valence-corrected chi connectivity index (χ3v) is 8.41. The normalized spacial score (nSPS) is 38.5. The molecule has 0 aromatic heterocycles. The van der Waals surface area contributed by atoms with E-state index in [4.69, 9.17) is 4.74 Å². The van der Waals surface area contributed by atoms with Crippen LogP contribution in [0.15, 0.2) is 12.1 Å². The van der Waals surface area contributed by atoms with Gasteiger partial charge in [0.2, 0.25) is 11.8 Å². The molecule has 6 heteroatoms. The lowest BCUT2D eigenvalue weighted by atomic mass is 9.65. The highest BCUT2D eigenvalue weighted by Crippen LogP contribution is 2.58. The molecule has 6 atom stereocenters. The summed E-state index contributed by atoms with van der Waals surface area (Å²) in [6.45, 7) is 5.63. The number of rotatable bonds is 2. The highest BCUT2D eigenvalue weighted by Gasteiger charge is 2.66.